The molecule has 0 spiro atoms. The Morgan fingerprint density at radius 2 is 1.68 bits per heavy atom. The molecule has 0 aromatic heterocycles. The van der Waals surface area contributed by atoms with Gasteiger partial charge in [-0.1, -0.05) is 25.2 Å². The Kier molecular flexibility index (Phi) is 4.34. The second-order valence-electron chi connectivity index (χ2n) is 7.18. The van der Waals surface area contributed by atoms with E-state index in [1.807, 2.05) is 0 Å². The van der Waals surface area contributed by atoms with Gasteiger partial charge in [0.05, 0.1) is 0 Å². The molecule has 0 radical (unpaired) electrons. The third-order valence-corrected chi connectivity index (χ3v) is 6.81. The number of nitrogens with one attached hydrogen (secondary N) is 1. The lowest BCUT2D eigenvalue weighted by molar-refractivity contribution is -0.145. The van der Waals surface area contributed by atoms with Gasteiger partial charge in [0.1, 0.15) is 11.1 Å². The van der Waals surface area contributed by atoms with E-state index in [1.165, 1.54) is 0 Å². The first kappa shape index (κ1) is 16.0. The highest BCUT2D eigenvalue weighted by Gasteiger charge is 2.46. The number of carboxylic acids is 1. The summed E-state index contributed by atoms with van der Waals surface area (Å²) in [4.78, 5) is 23.3. The maximum absolute atomic E-state index is 11.8. The minimum Gasteiger partial charge on any atom is -0.480 e. The van der Waals surface area contributed by atoms with Crippen LogP contribution in [0.15, 0.2) is 0 Å². The van der Waals surface area contributed by atoms with Crippen LogP contribution in [0.4, 0.5) is 4.79 Å². The lowest BCUT2D eigenvalue weighted by Crippen LogP contribution is -2.59. The molecule has 0 saturated carbocycles. The lowest BCUT2D eigenvalue weighted by Gasteiger charge is -2.40. The zero-order chi connectivity index (χ0) is 14.9. The van der Waals surface area contributed by atoms with E-state index in [4.69, 9.17) is 4.74 Å². The molecule has 1 aliphatic heterocycles. The molecular weight excluding hydrogens is 262 g/mol. The fourth-order valence-electron chi connectivity index (χ4n) is 2.24. The van der Waals surface area contributed by atoms with Crippen molar-refractivity contribution < 1.29 is 19.4 Å². The number of alkyl carbamates (subject to hydrolysis) is 1. The topological polar surface area (TPSA) is 75.6 Å². The van der Waals surface area contributed by atoms with Gasteiger partial charge >= 0.3 is 12.1 Å². The maximum atomic E-state index is 11.8. The summed E-state index contributed by atoms with van der Waals surface area (Å²) in [6, 6.07) is 1.82. The third kappa shape index (κ3) is 4.52. The third-order valence-electron chi connectivity index (χ3n) is 3.61. The average molecular weight is 287 g/mol. The molecule has 0 aliphatic carbocycles. The number of ether oxygens (including phenoxy) is 1. The highest BCUT2D eigenvalue weighted by atomic mass is 28.3. The van der Waals surface area contributed by atoms with Gasteiger partial charge in [0.2, 0.25) is 0 Å². The number of rotatable bonds is 2. The van der Waals surface area contributed by atoms with Gasteiger partial charge in [-0.05, 0) is 33.6 Å². The normalized spacial score (nSPS) is 21.5. The molecule has 0 aromatic carbocycles. The fraction of sp³-hybridized carbons (Fsp3) is 0.846. The van der Waals surface area contributed by atoms with E-state index in [9.17, 15) is 14.7 Å². The summed E-state index contributed by atoms with van der Waals surface area (Å²) in [6.07, 6.45) is 0.359. The van der Waals surface area contributed by atoms with Crippen molar-refractivity contribution in [3.05, 3.63) is 0 Å². The van der Waals surface area contributed by atoms with Gasteiger partial charge in [-0.15, -0.1) is 0 Å². The molecule has 110 valence electrons. The zero-order valence-corrected chi connectivity index (χ0v) is 13.5. The van der Waals surface area contributed by atoms with E-state index in [-0.39, 0.29) is 0 Å². The average Bonchev–Trinajstić information content (AvgIpc) is 2.18. The van der Waals surface area contributed by atoms with E-state index in [0.29, 0.717) is 12.8 Å². The van der Waals surface area contributed by atoms with E-state index in [1.54, 1.807) is 20.8 Å². The number of hydrogen-bond acceptors (Lipinski definition) is 3. The van der Waals surface area contributed by atoms with Crippen molar-refractivity contribution in [1.29, 1.82) is 0 Å². The molecular formula is C13H25NO4Si. The standard InChI is InChI=1S/C13H25NO4Si/c1-12(2,3)18-11(17)14-13(10(15)16)6-8-19(4,5)9-7-13/h6-9H2,1-5H3,(H,14,17)(H,15,16). The SMILES string of the molecule is CC(C)(C)OC(=O)NC1(C(=O)O)CC[Si](C)(C)CC1. The van der Waals surface area contributed by atoms with Gasteiger partial charge < -0.3 is 15.2 Å². The van der Waals surface area contributed by atoms with Crippen molar-refractivity contribution in [2.75, 3.05) is 0 Å². The molecule has 0 bridgehead atoms. The van der Waals surface area contributed by atoms with Gasteiger partial charge in [0, 0.05) is 8.07 Å². The predicted octanol–water partition coefficient (Wildman–Crippen LogP) is 2.84. The molecule has 1 amide bonds. The van der Waals surface area contributed by atoms with Crippen LogP contribution in [0.5, 0.6) is 0 Å². The molecule has 5 nitrogen and oxygen atoms in total. The Bertz CT molecular complexity index is 363. The molecule has 1 aliphatic rings. The number of aliphatic carboxylic acids is 1. The van der Waals surface area contributed by atoms with Gasteiger partial charge in [0.15, 0.2) is 0 Å². The predicted molar refractivity (Wildman–Crippen MR) is 76.1 cm³/mol. The molecule has 1 rings (SSSR count). The summed E-state index contributed by atoms with van der Waals surface area (Å²) < 4.78 is 5.17. The lowest BCUT2D eigenvalue weighted by atomic mass is 9.92. The van der Waals surface area contributed by atoms with E-state index in [0.717, 1.165) is 12.1 Å². The fourth-order valence-corrected chi connectivity index (χ4v) is 4.70. The van der Waals surface area contributed by atoms with Crippen molar-refractivity contribution in [1.82, 2.24) is 5.32 Å². The molecule has 0 atom stereocenters. The van der Waals surface area contributed by atoms with Crippen LogP contribution in [0.2, 0.25) is 25.2 Å². The Hall–Kier alpha value is -1.04. The van der Waals surface area contributed by atoms with Crippen molar-refractivity contribution in [3.8, 4) is 0 Å². The van der Waals surface area contributed by atoms with Crippen LogP contribution < -0.4 is 5.32 Å². The zero-order valence-electron chi connectivity index (χ0n) is 12.5. The highest BCUT2D eigenvalue weighted by molar-refractivity contribution is 6.77. The van der Waals surface area contributed by atoms with Crippen molar-refractivity contribution in [2.24, 2.45) is 0 Å². The van der Waals surface area contributed by atoms with Gasteiger partial charge in [0.25, 0.3) is 0 Å². The van der Waals surface area contributed by atoms with Crippen LogP contribution in [-0.4, -0.2) is 36.4 Å². The first-order chi connectivity index (χ1) is 8.46. The summed E-state index contributed by atoms with van der Waals surface area (Å²) in [6.45, 7) is 9.79. The Morgan fingerprint density at radius 1 is 1.21 bits per heavy atom. The quantitative estimate of drug-likeness (QED) is 0.766. The van der Waals surface area contributed by atoms with Crippen molar-refractivity contribution in [2.45, 2.75) is 69.9 Å². The molecule has 1 saturated heterocycles. The second kappa shape index (κ2) is 5.15. The number of amides is 1. The van der Waals surface area contributed by atoms with Gasteiger partial charge in [-0.25, -0.2) is 9.59 Å². The summed E-state index contributed by atoms with van der Waals surface area (Å²) in [5.41, 5.74) is -1.77. The summed E-state index contributed by atoms with van der Waals surface area (Å²) in [5.74, 6) is -0.956. The first-order valence-corrected chi connectivity index (χ1v) is 10.1. The molecule has 19 heavy (non-hydrogen) atoms. The maximum Gasteiger partial charge on any atom is 0.408 e. The van der Waals surface area contributed by atoms with Crippen LogP contribution in [0.3, 0.4) is 0 Å². The van der Waals surface area contributed by atoms with Crippen LogP contribution in [0.1, 0.15) is 33.6 Å². The highest BCUT2D eigenvalue weighted by Crippen LogP contribution is 2.35. The van der Waals surface area contributed by atoms with E-state index in [2.05, 4.69) is 18.4 Å². The monoisotopic (exact) mass is 287 g/mol. The van der Waals surface area contributed by atoms with E-state index >= 15 is 0 Å². The van der Waals surface area contributed by atoms with Crippen molar-refractivity contribution >= 4 is 20.1 Å². The summed E-state index contributed by atoms with van der Waals surface area (Å²) in [7, 11) is -1.28. The number of carbonyl (C=O) groups is 2. The molecule has 2 N–H and O–H groups in total. The first-order valence-electron chi connectivity index (χ1n) is 6.70. The van der Waals surface area contributed by atoms with Crippen LogP contribution in [-0.2, 0) is 9.53 Å². The number of carbonyl (C=O) groups excluding carboxylic acids is 1. The molecule has 6 heteroatoms. The molecule has 1 heterocycles. The minimum atomic E-state index is -1.28. The van der Waals surface area contributed by atoms with Gasteiger partial charge in [-0.3, -0.25) is 0 Å². The van der Waals surface area contributed by atoms with Crippen LogP contribution in [0.25, 0.3) is 0 Å². The Morgan fingerprint density at radius 3 is 2.05 bits per heavy atom. The Balaban J connectivity index is 2.75. The molecule has 1 fully saturated rings. The van der Waals surface area contributed by atoms with Gasteiger partial charge in [-0.2, -0.15) is 0 Å². The van der Waals surface area contributed by atoms with Crippen LogP contribution >= 0.6 is 0 Å². The minimum absolute atomic E-state index is 0.501. The second-order valence-corrected chi connectivity index (χ2v) is 12.5. The summed E-state index contributed by atoms with van der Waals surface area (Å²) in [5, 5.41) is 12.0. The number of carboxylic acid groups (broad SMARTS) is 1. The smallest absolute Gasteiger partial charge is 0.408 e. The largest absolute Gasteiger partial charge is 0.480 e. The molecule has 0 unspecified atom stereocenters. The Labute approximate surface area is 115 Å². The van der Waals surface area contributed by atoms with Crippen molar-refractivity contribution in [3.63, 3.8) is 0 Å². The van der Waals surface area contributed by atoms with E-state index < -0.39 is 31.3 Å². The number of hydrogen-bond donors (Lipinski definition) is 2. The molecule has 0 aromatic rings. The summed E-state index contributed by atoms with van der Waals surface area (Å²) >= 11 is 0. The van der Waals surface area contributed by atoms with Crippen LogP contribution in [0, 0.1) is 0 Å².